The zero-order valence-corrected chi connectivity index (χ0v) is 17.5. The van der Waals surface area contributed by atoms with Crippen molar-refractivity contribution in [2.45, 2.75) is 39.9 Å². The average Bonchev–Trinajstić information content (AvgIpc) is 3.23. The molecular formula is C22H26N4OS. The molecule has 1 aromatic carbocycles. The molecule has 1 aliphatic rings. The van der Waals surface area contributed by atoms with Crippen LogP contribution in [0.3, 0.4) is 0 Å². The van der Waals surface area contributed by atoms with Crippen molar-refractivity contribution in [2.75, 3.05) is 11.4 Å². The van der Waals surface area contributed by atoms with E-state index in [1.807, 2.05) is 58.3 Å². The van der Waals surface area contributed by atoms with Gasteiger partial charge in [-0.05, 0) is 36.1 Å². The molecule has 1 aliphatic heterocycles. The molecule has 5 nitrogen and oxygen atoms in total. The second kappa shape index (κ2) is 7.89. The van der Waals surface area contributed by atoms with Gasteiger partial charge in [0.05, 0.1) is 12.2 Å². The molecule has 3 heterocycles. The van der Waals surface area contributed by atoms with Gasteiger partial charge in [-0.2, -0.15) is 5.10 Å². The molecule has 0 N–H and O–H groups in total. The minimum Gasteiger partial charge on any atom is -0.307 e. The number of thiophene rings is 1. The second-order valence-electron chi connectivity index (χ2n) is 7.42. The molecule has 6 heteroatoms. The zero-order valence-electron chi connectivity index (χ0n) is 16.7. The molecule has 0 bridgehead atoms. The van der Waals surface area contributed by atoms with Crippen LogP contribution in [0.15, 0.2) is 41.8 Å². The summed E-state index contributed by atoms with van der Waals surface area (Å²) >= 11 is 1.83. The van der Waals surface area contributed by atoms with Gasteiger partial charge in [-0.15, -0.1) is 11.3 Å². The highest BCUT2D eigenvalue weighted by Crippen LogP contribution is 2.27. The van der Waals surface area contributed by atoms with Crippen molar-refractivity contribution >= 4 is 22.9 Å². The molecule has 4 rings (SSSR count). The largest absolute Gasteiger partial charge is 0.307 e. The zero-order chi connectivity index (χ0) is 19.7. The third-order valence-electron chi connectivity index (χ3n) is 5.50. The van der Waals surface area contributed by atoms with E-state index in [-0.39, 0.29) is 5.91 Å². The molecule has 0 aliphatic carbocycles. The van der Waals surface area contributed by atoms with E-state index >= 15 is 0 Å². The van der Waals surface area contributed by atoms with Crippen molar-refractivity contribution in [1.82, 2.24) is 14.7 Å². The number of rotatable bonds is 5. The standard InChI is InChI=1S/C22H26N4OS/c1-16-10-12-28-22(16)15-25-11-9-21-19(13-25)20(23-24(21)3)14-26(17(2)27)18-7-5-4-6-8-18/h4-8,10,12H,9,11,13-15H2,1-3H3. The summed E-state index contributed by atoms with van der Waals surface area (Å²) in [5.41, 5.74) is 5.87. The molecule has 146 valence electrons. The maximum atomic E-state index is 12.3. The highest BCUT2D eigenvalue weighted by atomic mass is 32.1. The quantitative estimate of drug-likeness (QED) is 0.659. The number of carbonyl (C=O) groups is 1. The molecule has 0 atom stereocenters. The van der Waals surface area contributed by atoms with Crippen LogP contribution in [0.25, 0.3) is 0 Å². The van der Waals surface area contributed by atoms with E-state index in [1.165, 1.54) is 21.7 Å². The van der Waals surface area contributed by atoms with Crippen molar-refractivity contribution in [1.29, 1.82) is 0 Å². The molecule has 28 heavy (non-hydrogen) atoms. The number of para-hydroxylation sites is 1. The summed E-state index contributed by atoms with van der Waals surface area (Å²) in [6.45, 7) is 7.21. The van der Waals surface area contributed by atoms with Gasteiger partial charge in [0.1, 0.15) is 0 Å². The third-order valence-corrected chi connectivity index (χ3v) is 6.50. The van der Waals surface area contributed by atoms with E-state index < -0.39 is 0 Å². The van der Waals surface area contributed by atoms with Gasteiger partial charge < -0.3 is 4.90 Å². The Kier molecular flexibility index (Phi) is 5.33. The summed E-state index contributed by atoms with van der Waals surface area (Å²) in [4.78, 5) is 18.1. The molecule has 0 unspecified atom stereocenters. The number of hydrogen-bond donors (Lipinski definition) is 0. The van der Waals surface area contributed by atoms with E-state index in [2.05, 4.69) is 23.3 Å². The van der Waals surface area contributed by atoms with Gasteiger partial charge >= 0.3 is 0 Å². The van der Waals surface area contributed by atoms with Crippen LogP contribution in [0.4, 0.5) is 5.69 Å². The first-order valence-corrected chi connectivity index (χ1v) is 10.5. The Balaban J connectivity index is 1.58. The van der Waals surface area contributed by atoms with Gasteiger partial charge in [0.15, 0.2) is 0 Å². The molecule has 3 aromatic rings. The monoisotopic (exact) mass is 394 g/mol. The topological polar surface area (TPSA) is 41.4 Å². The second-order valence-corrected chi connectivity index (χ2v) is 8.42. The molecule has 0 saturated carbocycles. The smallest absolute Gasteiger partial charge is 0.224 e. The van der Waals surface area contributed by atoms with E-state index in [0.717, 1.165) is 37.4 Å². The van der Waals surface area contributed by atoms with Crippen molar-refractivity contribution in [3.05, 3.63) is 69.2 Å². The summed E-state index contributed by atoms with van der Waals surface area (Å²) in [5.74, 6) is 0.0347. The lowest BCUT2D eigenvalue weighted by Crippen LogP contribution is -2.32. The van der Waals surface area contributed by atoms with E-state index in [1.54, 1.807) is 6.92 Å². The van der Waals surface area contributed by atoms with Crippen molar-refractivity contribution < 1.29 is 4.79 Å². The van der Waals surface area contributed by atoms with Crippen LogP contribution in [0.5, 0.6) is 0 Å². The third kappa shape index (κ3) is 3.75. The predicted molar refractivity (Wildman–Crippen MR) is 113 cm³/mol. The van der Waals surface area contributed by atoms with Crippen LogP contribution in [0, 0.1) is 6.92 Å². The average molecular weight is 395 g/mol. The highest BCUT2D eigenvalue weighted by Gasteiger charge is 2.26. The number of amides is 1. The summed E-state index contributed by atoms with van der Waals surface area (Å²) in [6.07, 6.45) is 0.995. The number of carbonyl (C=O) groups excluding carboxylic acids is 1. The van der Waals surface area contributed by atoms with Gasteiger partial charge in [0.2, 0.25) is 5.91 Å². The van der Waals surface area contributed by atoms with Crippen LogP contribution >= 0.6 is 11.3 Å². The summed E-state index contributed by atoms with van der Waals surface area (Å²) < 4.78 is 2.00. The Morgan fingerprint density at radius 3 is 2.71 bits per heavy atom. The van der Waals surface area contributed by atoms with Gasteiger partial charge in [-0.25, -0.2) is 0 Å². The summed E-state index contributed by atoms with van der Waals surface area (Å²) in [7, 11) is 2.02. The van der Waals surface area contributed by atoms with Crippen molar-refractivity contribution in [2.24, 2.45) is 7.05 Å². The van der Waals surface area contributed by atoms with Gasteiger partial charge in [0, 0.05) is 61.8 Å². The van der Waals surface area contributed by atoms with Crippen LogP contribution in [-0.2, 0) is 37.9 Å². The van der Waals surface area contributed by atoms with Crippen LogP contribution in [0.2, 0.25) is 0 Å². The fraction of sp³-hybridized carbons (Fsp3) is 0.364. The van der Waals surface area contributed by atoms with Gasteiger partial charge in [0.25, 0.3) is 0 Å². The molecule has 0 radical (unpaired) electrons. The maximum Gasteiger partial charge on any atom is 0.224 e. The number of fused-ring (bicyclic) bond motifs is 1. The Morgan fingerprint density at radius 1 is 1.25 bits per heavy atom. The summed E-state index contributed by atoms with van der Waals surface area (Å²) in [6, 6.07) is 12.0. The normalized spacial score (nSPS) is 14.1. The Hall–Kier alpha value is -2.44. The number of aryl methyl sites for hydroxylation is 2. The lowest BCUT2D eigenvalue weighted by molar-refractivity contribution is -0.116. The van der Waals surface area contributed by atoms with Crippen LogP contribution < -0.4 is 4.90 Å². The van der Waals surface area contributed by atoms with Crippen LogP contribution in [-0.4, -0.2) is 27.1 Å². The molecule has 0 fully saturated rings. The van der Waals surface area contributed by atoms with Crippen molar-refractivity contribution in [3.63, 3.8) is 0 Å². The SMILES string of the molecule is CC(=O)N(Cc1nn(C)c2c1CN(Cc1sccc1C)CC2)c1ccccc1. The Bertz CT molecular complexity index is 976. The van der Waals surface area contributed by atoms with E-state index in [0.29, 0.717) is 6.54 Å². The molecule has 0 spiro atoms. The van der Waals surface area contributed by atoms with Crippen LogP contribution in [0.1, 0.15) is 34.3 Å². The maximum absolute atomic E-state index is 12.3. The molecular weight excluding hydrogens is 368 g/mol. The Morgan fingerprint density at radius 2 is 2.04 bits per heavy atom. The fourth-order valence-corrected chi connectivity index (χ4v) is 4.85. The summed E-state index contributed by atoms with van der Waals surface area (Å²) in [5, 5.41) is 6.95. The van der Waals surface area contributed by atoms with Crippen molar-refractivity contribution in [3.8, 4) is 0 Å². The molecule has 1 amide bonds. The van der Waals surface area contributed by atoms with Gasteiger partial charge in [-0.3, -0.25) is 14.4 Å². The Labute approximate surface area is 170 Å². The molecule has 0 saturated heterocycles. The van der Waals surface area contributed by atoms with E-state index in [4.69, 9.17) is 5.10 Å². The number of anilines is 1. The first-order chi connectivity index (χ1) is 13.5. The minimum absolute atomic E-state index is 0.0347. The minimum atomic E-state index is 0.0347. The lowest BCUT2D eigenvalue weighted by atomic mass is 10.0. The predicted octanol–water partition coefficient (Wildman–Crippen LogP) is 3.90. The highest BCUT2D eigenvalue weighted by molar-refractivity contribution is 7.10. The van der Waals surface area contributed by atoms with Gasteiger partial charge in [-0.1, -0.05) is 18.2 Å². The lowest BCUT2D eigenvalue weighted by Gasteiger charge is -2.28. The first kappa shape index (κ1) is 18.9. The molecule has 2 aromatic heterocycles. The number of aromatic nitrogens is 2. The van der Waals surface area contributed by atoms with E-state index in [9.17, 15) is 4.79 Å². The number of hydrogen-bond acceptors (Lipinski definition) is 4. The number of nitrogens with zero attached hydrogens (tertiary/aromatic N) is 4. The first-order valence-electron chi connectivity index (χ1n) is 9.65. The number of benzene rings is 1. The fourth-order valence-electron chi connectivity index (χ4n) is 3.90.